The zero-order valence-corrected chi connectivity index (χ0v) is 21.5. The quantitative estimate of drug-likeness (QED) is 0.304. The second-order valence-electron chi connectivity index (χ2n) is 9.68. The lowest BCUT2D eigenvalue weighted by Crippen LogP contribution is -2.47. The minimum Gasteiger partial charge on any atom is -0.361 e. The fourth-order valence-corrected chi connectivity index (χ4v) is 5.42. The van der Waals surface area contributed by atoms with Gasteiger partial charge in [0.2, 0.25) is 11.8 Å². The van der Waals surface area contributed by atoms with Crippen LogP contribution in [0.4, 0.5) is 0 Å². The summed E-state index contributed by atoms with van der Waals surface area (Å²) in [6, 6.07) is 18.3. The summed E-state index contributed by atoms with van der Waals surface area (Å²) < 4.78 is 0. The maximum atomic E-state index is 14.1. The van der Waals surface area contributed by atoms with Crippen LogP contribution in [0.2, 0.25) is 5.02 Å². The average molecular weight is 515 g/mol. The number of benzene rings is 2. The lowest BCUT2D eigenvalue weighted by molar-refractivity contribution is -0.141. The number of amides is 2. The van der Waals surface area contributed by atoms with Gasteiger partial charge in [-0.25, -0.2) is 0 Å². The van der Waals surface area contributed by atoms with E-state index >= 15 is 0 Å². The van der Waals surface area contributed by atoms with Gasteiger partial charge in [-0.3, -0.25) is 14.6 Å². The van der Waals surface area contributed by atoms with E-state index in [4.69, 9.17) is 11.6 Å². The smallest absolute Gasteiger partial charge is 0.247 e. The Labute approximate surface area is 222 Å². The van der Waals surface area contributed by atoms with E-state index in [1.807, 2.05) is 66.9 Å². The fourth-order valence-electron chi connectivity index (χ4n) is 5.22. The van der Waals surface area contributed by atoms with Gasteiger partial charge in [0.25, 0.3) is 0 Å². The third-order valence-electron chi connectivity index (χ3n) is 7.17. The highest BCUT2D eigenvalue weighted by atomic mass is 35.5. The van der Waals surface area contributed by atoms with Gasteiger partial charge in [-0.15, -0.1) is 0 Å². The first-order valence-electron chi connectivity index (χ1n) is 12.9. The van der Waals surface area contributed by atoms with Gasteiger partial charge in [0.05, 0.1) is 6.42 Å². The Morgan fingerprint density at radius 1 is 0.973 bits per heavy atom. The maximum Gasteiger partial charge on any atom is 0.247 e. The molecule has 1 fully saturated rings. The normalized spacial score (nSPS) is 14.8. The van der Waals surface area contributed by atoms with Crippen molar-refractivity contribution in [2.45, 2.75) is 57.2 Å². The number of hydrogen-bond acceptors (Lipinski definition) is 3. The Balaban J connectivity index is 1.51. The molecule has 2 heterocycles. The van der Waals surface area contributed by atoms with Gasteiger partial charge in [-0.05, 0) is 53.8 Å². The molecule has 0 bridgehead atoms. The molecule has 2 aromatic heterocycles. The van der Waals surface area contributed by atoms with E-state index in [1.54, 1.807) is 17.3 Å². The molecule has 37 heavy (non-hydrogen) atoms. The van der Waals surface area contributed by atoms with Crippen LogP contribution in [0.3, 0.4) is 0 Å². The summed E-state index contributed by atoms with van der Waals surface area (Å²) >= 11 is 6.53. The summed E-state index contributed by atoms with van der Waals surface area (Å²) in [6.07, 6.45) is 10.7. The molecule has 1 saturated carbocycles. The van der Waals surface area contributed by atoms with Crippen molar-refractivity contribution in [3.63, 3.8) is 0 Å². The van der Waals surface area contributed by atoms with Gasteiger partial charge < -0.3 is 15.2 Å². The molecule has 2 N–H and O–H groups in total. The molecule has 1 aliphatic carbocycles. The Bertz CT molecular complexity index is 1360. The molecule has 0 spiro atoms. The van der Waals surface area contributed by atoms with Crippen molar-refractivity contribution < 1.29 is 9.59 Å². The Hall–Kier alpha value is -3.64. The highest BCUT2D eigenvalue weighted by molar-refractivity contribution is 6.31. The first-order chi connectivity index (χ1) is 18.1. The van der Waals surface area contributed by atoms with Crippen LogP contribution in [0.25, 0.3) is 10.9 Å². The van der Waals surface area contributed by atoms with Gasteiger partial charge in [0, 0.05) is 47.1 Å². The number of para-hydroxylation sites is 1. The predicted octanol–water partition coefficient (Wildman–Crippen LogP) is 5.98. The van der Waals surface area contributed by atoms with Crippen LogP contribution >= 0.6 is 11.6 Å². The molecule has 0 aliphatic heterocycles. The summed E-state index contributed by atoms with van der Waals surface area (Å²) in [5, 5.41) is 4.81. The third-order valence-corrected chi connectivity index (χ3v) is 7.54. The molecule has 2 amide bonds. The second-order valence-corrected chi connectivity index (χ2v) is 10.1. The topological polar surface area (TPSA) is 78.1 Å². The second kappa shape index (κ2) is 11.6. The predicted molar refractivity (Wildman–Crippen MR) is 146 cm³/mol. The van der Waals surface area contributed by atoms with Crippen LogP contribution in [0.15, 0.2) is 79.3 Å². The van der Waals surface area contributed by atoms with Crippen LogP contribution in [-0.4, -0.2) is 32.7 Å². The molecule has 7 heteroatoms. The molecule has 1 unspecified atom stereocenters. The number of nitrogens with zero attached hydrogens (tertiary/aromatic N) is 2. The number of nitrogens with one attached hydrogen (secondary N) is 2. The van der Waals surface area contributed by atoms with Crippen molar-refractivity contribution >= 4 is 34.3 Å². The molecule has 6 nitrogen and oxygen atoms in total. The van der Waals surface area contributed by atoms with Gasteiger partial charge in [-0.1, -0.05) is 67.3 Å². The number of halogens is 1. The first-order valence-corrected chi connectivity index (χ1v) is 13.3. The van der Waals surface area contributed by atoms with Crippen molar-refractivity contribution in [1.82, 2.24) is 20.2 Å². The number of H-pyrrole nitrogens is 1. The Kier molecular flexibility index (Phi) is 7.85. The van der Waals surface area contributed by atoms with Crippen molar-refractivity contribution in [3.05, 3.63) is 101 Å². The molecule has 1 aliphatic rings. The van der Waals surface area contributed by atoms with E-state index in [-0.39, 0.29) is 30.8 Å². The van der Waals surface area contributed by atoms with Crippen molar-refractivity contribution in [2.24, 2.45) is 0 Å². The first kappa shape index (κ1) is 25.0. The van der Waals surface area contributed by atoms with Crippen LogP contribution in [0.1, 0.15) is 54.8 Å². The summed E-state index contributed by atoms with van der Waals surface area (Å²) in [5.74, 6) is -0.317. The van der Waals surface area contributed by atoms with E-state index in [9.17, 15) is 9.59 Å². The number of rotatable bonds is 8. The molecular weight excluding hydrogens is 484 g/mol. The largest absolute Gasteiger partial charge is 0.361 e. The van der Waals surface area contributed by atoms with Crippen LogP contribution in [0, 0.1) is 0 Å². The molecule has 0 saturated heterocycles. The van der Waals surface area contributed by atoms with Gasteiger partial charge in [0.1, 0.15) is 6.04 Å². The average Bonchev–Trinajstić information content (AvgIpc) is 3.33. The number of aromatic amines is 1. The zero-order chi connectivity index (χ0) is 25.6. The summed E-state index contributed by atoms with van der Waals surface area (Å²) in [7, 11) is 0. The number of aromatic nitrogens is 2. The van der Waals surface area contributed by atoms with Crippen LogP contribution < -0.4 is 5.32 Å². The van der Waals surface area contributed by atoms with Gasteiger partial charge >= 0.3 is 0 Å². The molecular formula is C30H31ClN4O2. The van der Waals surface area contributed by atoms with Crippen molar-refractivity contribution in [2.75, 3.05) is 0 Å². The minimum absolute atomic E-state index is 0.122. The van der Waals surface area contributed by atoms with Crippen LogP contribution in [-0.2, 0) is 22.6 Å². The van der Waals surface area contributed by atoms with Crippen LogP contribution in [0.5, 0.6) is 0 Å². The van der Waals surface area contributed by atoms with E-state index < -0.39 is 6.04 Å². The number of carbonyl (C=O) groups excluding carboxylic acids is 2. The molecule has 190 valence electrons. The van der Waals surface area contributed by atoms with Crippen molar-refractivity contribution in [1.29, 1.82) is 0 Å². The molecule has 1 atom stereocenters. The van der Waals surface area contributed by atoms with E-state index in [0.29, 0.717) is 5.02 Å². The Morgan fingerprint density at radius 3 is 2.49 bits per heavy atom. The van der Waals surface area contributed by atoms with E-state index in [0.717, 1.165) is 53.3 Å². The van der Waals surface area contributed by atoms with E-state index in [2.05, 4.69) is 15.3 Å². The molecule has 2 aromatic carbocycles. The zero-order valence-electron chi connectivity index (χ0n) is 20.7. The van der Waals surface area contributed by atoms with E-state index in [1.165, 1.54) is 6.42 Å². The molecule has 4 aromatic rings. The SMILES string of the molecule is O=C(NC1CCCCC1)C(c1ccncc1)N(Cc1ccccc1Cl)C(=O)Cc1c[nH]c2ccccc12. The highest BCUT2D eigenvalue weighted by Crippen LogP contribution is 2.29. The number of fused-ring (bicyclic) bond motifs is 1. The summed E-state index contributed by atoms with van der Waals surface area (Å²) in [5.41, 5.74) is 3.39. The monoisotopic (exact) mass is 514 g/mol. The van der Waals surface area contributed by atoms with Gasteiger partial charge in [0.15, 0.2) is 0 Å². The number of pyridine rings is 1. The summed E-state index contributed by atoms with van der Waals surface area (Å²) in [6.45, 7) is 0.214. The van der Waals surface area contributed by atoms with Gasteiger partial charge in [-0.2, -0.15) is 0 Å². The fraction of sp³-hybridized carbons (Fsp3) is 0.300. The summed E-state index contributed by atoms with van der Waals surface area (Å²) in [4.78, 5) is 37.0. The number of hydrogen-bond donors (Lipinski definition) is 2. The third kappa shape index (κ3) is 5.86. The number of carbonyl (C=O) groups is 2. The highest BCUT2D eigenvalue weighted by Gasteiger charge is 2.33. The maximum absolute atomic E-state index is 14.1. The lowest BCUT2D eigenvalue weighted by atomic mass is 9.94. The molecule has 5 rings (SSSR count). The Morgan fingerprint density at radius 2 is 1.70 bits per heavy atom. The lowest BCUT2D eigenvalue weighted by Gasteiger charge is -2.33. The standard InChI is InChI=1S/C30H31ClN4O2/c31-26-12-6-4-8-22(26)20-35(28(36)18-23-19-33-27-13-7-5-11-25(23)27)29(21-14-16-32-17-15-21)30(37)34-24-9-2-1-3-10-24/h4-8,11-17,19,24,29,33H,1-3,9-10,18,20H2,(H,34,37). The minimum atomic E-state index is -0.807. The van der Waals surface area contributed by atoms with Crippen molar-refractivity contribution in [3.8, 4) is 0 Å². The molecule has 0 radical (unpaired) electrons.